The topological polar surface area (TPSA) is 29.5 Å². The van der Waals surface area contributed by atoms with Crippen molar-refractivity contribution in [2.45, 2.75) is 59.5 Å². The third kappa shape index (κ3) is 5.07. The van der Waals surface area contributed by atoms with E-state index >= 15 is 0 Å². The fraction of sp³-hybridized carbons (Fsp3) is 0.650. The predicted molar refractivity (Wildman–Crippen MR) is 95.5 cm³/mol. The Labute approximate surface area is 141 Å². The van der Waals surface area contributed by atoms with Crippen LogP contribution in [-0.2, 0) is 0 Å². The van der Waals surface area contributed by atoms with Crippen LogP contribution in [0.3, 0.4) is 0 Å². The zero-order valence-electron chi connectivity index (χ0n) is 15.3. The molecule has 0 radical (unpaired) electrons. The van der Waals surface area contributed by atoms with Gasteiger partial charge in [-0.1, -0.05) is 26.8 Å². The van der Waals surface area contributed by atoms with Crippen molar-refractivity contribution in [3.8, 4) is 5.75 Å². The Balaban J connectivity index is 2.17. The summed E-state index contributed by atoms with van der Waals surface area (Å²) in [5.41, 5.74) is 1.93. The van der Waals surface area contributed by atoms with Crippen LogP contribution in [0.1, 0.15) is 69.3 Å². The van der Waals surface area contributed by atoms with Crippen LogP contribution in [0, 0.1) is 5.92 Å². The molecule has 2 rings (SSSR count). The highest BCUT2D eigenvalue weighted by Gasteiger charge is 2.21. The highest BCUT2D eigenvalue weighted by molar-refractivity contribution is 6.00. The van der Waals surface area contributed by atoms with Crippen molar-refractivity contribution in [2.75, 3.05) is 19.6 Å². The van der Waals surface area contributed by atoms with Gasteiger partial charge in [0.05, 0.1) is 18.2 Å². The monoisotopic (exact) mass is 317 g/mol. The molecule has 1 saturated heterocycles. The van der Waals surface area contributed by atoms with E-state index in [9.17, 15) is 4.79 Å². The van der Waals surface area contributed by atoms with E-state index in [1.165, 1.54) is 18.4 Å². The van der Waals surface area contributed by atoms with Gasteiger partial charge in [-0.3, -0.25) is 9.69 Å². The lowest BCUT2D eigenvalue weighted by Crippen LogP contribution is -2.37. The Hall–Kier alpha value is -1.35. The molecule has 1 heterocycles. The van der Waals surface area contributed by atoms with E-state index in [4.69, 9.17) is 4.74 Å². The second-order valence-electron chi connectivity index (χ2n) is 7.46. The molecular formula is C20H31NO2. The molecule has 0 unspecified atom stereocenters. The van der Waals surface area contributed by atoms with E-state index in [2.05, 4.69) is 31.7 Å². The molecule has 0 aliphatic carbocycles. The summed E-state index contributed by atoms with van der Waals surface area (Å²) < 4.78 is 5.87. The molecule has 1 fully saturated rings. The van der Waals surface area contributed by atoms with Gasteiger partial charge in [0.25, 0.3) is 0 Å². The van der Waals surface area contributed by atoms with Crippen LogP contribution in [0.15, 0.2) is 18.2 Å². The van der Waals surface area contributed by atoms with Crippen LogP contribution in [0.5, 0.6) is 5.75 Å². The van der Waals surface area contributed by atoms with E-state index in [0.29, 0.717) is 12.5 Å². The number of carbonyl (C=O) groups is 1. The highest BCUT2D eigenvalue weighted by atomic mass is 16.5. The lowest BCUT2D eigenvalue weighted by molar-refractivity contribution is 0.0894. The summed E-state index contributed by atoms with van der Waals surface area (Å²) in [5.74, 6) is 2.09. The minimum atomic E-state index is 0.0716. The third-order valence-corrected chi connectivity index (χ3v) is 4.58. The van der Waals surface area contributed by atoms with E-state index in [1.807, 2.05) is 26.0 Å². The highest BCUT2D eigenvalue weighted by Crippen LogP contribution is 2.26. The number of benzene rings is 1. The molecule has 0 saturated carbocycles. The first-order valence-corrected chi connectivity index (χ1v) is 8.93. The van der Waals surface area contributed by atoms with E-state index in [0.717, 1.165) is 30.3 Å². The molecule has 1 aromatic carbocycles. The summed E-state index contributed by atoms with van der Waals surface area (Å²) >= 11 is 0. The van der Waals surface area contributed by atoms with Crippen molar-refractivity contribution >= 4 is 5.78 Å². The summed E-state index contributed by atoms with van der Waals surface area (Å²) in [5, 5.41) is 0. The van der Waals surface area contributed by atoms with E-state index in [-0.39, 0.29) is 11.9 Å². The molecule has 0 aromatic heterocycles. The minimum Gasteiger partial charge on any atom is -0.490 e. The van der Waals surface area contributed by atoms with Gasteiger partial charge in [0, 0.05) is 0 Å². The molecule has 23 heavy (non-hydrogen) atoms. The number of carbonyl (C=O) groups excluding carboxylic acids is 1. The lowest BCUT2D eigenvalue weighted by Gasteiger charge is -2.29. The maximum atomic E-state index is 12.8. The molecule has 0 amide bonds. The third-order valence-electron chi connectivity index (χ3n) is 4.58. The molecule has 128 valence electrons. The standard InChI is InChI=1S/C20H31NO2/c1-14(2)17-6-7-20(23-15(3)4)18(12-17)19(22)13-21-10-8-16(5)9-11-21/h6-7,12,14-16H,8-11,13H2,1-5H3. The van der Waals surface area contributed by atoms with Gasteiger partial charge in [-0.15, -0.1) is 0 Å². The number of likely N-dealkylation sites (tertiary alicyclic amines) is 1. The van der Waals surface area contributed by atoms with Crippen molar-refractivity contribution < 1.29 is 9.53 Å². The minimum absolute atomic E-state index is 0.0716. The van der Waals surface area contributed by atoms with Gasteiger partial charge < -0.3 is 4.74 Å². The molecule has 1 aromatic rings. The van der Waals surface area contributed by atoms with Gasteiger partial charge in [-0.2, -0.15) is 0 Å². The van der Waals surface area contributed by atoms with Gasteiger partial charge in [0.15, 0.2) is 5.78 Å². The van der Waals surface area contributed by atoms with Crippen LogP contribution < -0.4 is 4.74 Å². The SMILES string of the molecule is CC1CCN(CC(=O)c2cc(C(C)C)ccc2OC(C)C)CC1. The Morgan fingerprint density at radius 2 is 1.87 bits per heavy atom. The summed E-state index contributed by atoms with van der Waals surface area (Å²) in [4.78, 5) is 15.1. The summed E-state index contributed by atoms with van der Waals surface area (Å²) in [6.07, 6.45) is 2.45. The van der Waals surface area contributed by atoms with Crippen LogP contribution in [0.25, 0.3) is 0 Å². The molecule has 3 heteroatoms. The molecule has 1 aliphatic rings. The zero-order chi connectivity index (χ0) is 17.0. The van der Waals surface area contributed by atoms with E-state index < -0.39 is 0 Å². The van der Waals surface area contributed by atoms with Crippen molar-refractivity contribution in [2.24, 2.45) is 5.92 Å². The number of ether oxygens (including phenoxy) is 1. The second kappa shape index (κ2) is 7.96. The number of hydrogen-bond donors (Lipinski definition) is 0. The molecule has 1 aliphatic heterocycles. The van der Waals surface area contributed by atoms with Crippen LogP contribution in [0.2, 0.25) is 0 Å². The first kappa shape index (κ1) is 18.0. The Bertz CT molecular complexity index is 528. The molecule has 0 bridgehead atoms. The molecule has 0 N–H and O–H groups in total. The van der Waals surface area contributed by atoms with Crippen molar-refractivity contribution in [3.63, 3.8) is 0 Å². The average Bonchev–Trinajstić information content (AvgIpc) is 2.49. The Kier molecular flexibility index (Phi) is 6.23. The normalized spacial score (nSPS) is 17.0. The number of piperidine rings is 1. The summed E-state index contributed by atoms with van der Waals surface area (Å²) in [6, 6.07) is 6.06. The maximum absolute atomic E-state index is 12.8. The maximum Gasteiger partial charge on any atom is 0.180 e. The molecular weight excluding hydrogens is 286 g/mol. The van der Waals surface area contributed by atoms with Crippen LogP contribution >= 0.6 is 0 Å². The first-order chi connectivity index (χ1) is 10.9. The lowest BCUT2D eigenvalue weighted by atomic mass is 9.96. The number of nitrogens with zero attached hydrogens (tertiary/aromatic N) is 1. The van der Waals surface area contributed by atoms with Crippen LogP contribution in [0.4, 0.5) is 0 Å². The van der Waals surface area contributed by atoms with E-state index in [1.54, 1.807) is 0 Å². The van der Waals surface area contributed by atoms with Gasteiger partial charge in [-0.05, 0) is 69.3 Å². The van der Waals surface area contributed by atoms with Crippen molar-refractivity contribution in [1.82, 2.24) is 4.90 Å². The summed E-state index contributed by atoms with van der Waals surface area (Å²) in [6.45, 7) is 13.1. The smallest absolute Gasteiger partial charge is 0.180 e. The Morgan fingerprint density at radius 3 is 2.43 bits per heavy atom. The van der Waals surface area contributed by atoms with Crippen molar-refractivity contribution in [1.29, 1.82) is 0 Å². The largest absolute Gasteiger partial charge is 0.490 e. The molecule has 0 spiro atoms. The van der Waals surface area contributed by atoms with Gasteiger partial charge in [-0.25, -0.2) is 0 Å². The number of ketones is 1. The fourth-order valence-electron chi connectivity index (χ4n) is 2.99. The quantitative estimate of drug-likeness (QED) is 0.723. The number of rotatable bonds is 6. The summed E-state index contributed by atoms with van der Waals surface area (Å²) in [7, 11) is 0. The zero-order valence-corrected chi connectivity index (χ0v) is 15.3. The average molecular weight is 317 g/mol. The van der Waals surface area contributed by atoms with Crippen molar-refractivity contribution in [3.05, 3.63) is 29.3 Å². The Morgan fingerprint density at radius 1 is 1.22 bits per heavy atom. The molecule has 0 atom stereocenters. The number of hydrogen-bond acceptors (Lipinski definition) is 3. The van der Waals surface area contributed by atoms with Crippen LogP contribution in [-0.4, -0.2) is 36.4 Å². The fourth-order valence-corrected chi connectivity index (χ4v) is 2.99. The molecule has 3 nitrogen and oxygen atoms in total. The van der Waals surface area contributed by atoms with Gasteiger partial charge >= 0.3 is 0 Å². The van der Waals surface area contributed by atoms with Gasteiger partial charge in [0.2, 0.25) is 0 Å². The number of Topliss-reactive ketones (excluding diaryl/α,β-unsaturated/α-hetero) is 1. The van der Waals surface area contributed by atoms with Gasteiger partial charge in [0.1, 0.15) is 5.75 Å². The first-order valence-electron chi connectivity index (χ1n) is 8.93. The second-order valence-corrected chi connectivity index (χ2v) is 7.46. The predicted octanol–water partition coefficient (Wildman–Crippen LogP) is 4.51.